The first-order valence-corrected chi connectivity index (χ1v) is 5.45. The van der Waals surface area contributed by atoms with E-state index in [0.717, 1.165) is 19.4 Å². The van der Waals surface area contributed by atoms with Crippen LogP contribution >= 0.6 is 0 Å². The standard InChI is InChI=1S/C11H13N5O/c12-4-8-6-14-10(5-13)16-11(8)15-9-2-1-3-17-7-9/h4,6,9,12H,1-3,7H2,(H,14,15,16). The van der Waals surface area contributed by atoms with Crippen molar-refractivity contribution >= 4 is 12.0 Å². The summed E-state index contributed by atoms with van der Waals surface area (Å²) in [4.78, 5) is 7.89. The third kappa shape index (κ3) is 2.77. The molecule has 2 heterocycles. The number of aromatic nitrogens is 2. The van der Waals surface area contributed by atoms with E-state index in [1.165, 1.54) is 12.4 Å². The SMILES string of the molecule is N#Cc1ncc(C=N)c(NC2CCCOC2)n1. The van der Waals surface area contributed by atoms with Crippen molar-refractivity contribution in [2.24, 2.45) is 0 Å². The lowest BCUT2D eigenvalue weighted by molar-refractivity contribution is 0.0875. The number of ether oxygens (including phenoxy) is 1. The van der Waals surface area contributed by atoms with Gasteiger partial charge in [-0.3, -0.25) is 0 Å². The van der Waals surface area contributed by atoms with Crippen molar-refractivity contribution in [2.75, 3.05) is 18.5 Å². The molecule has 0 saturated carbocycles. The van der Waals surface area contributed by atoms with Gasteiger partial charge >= 0.3 is 0 Å². The van der Waals surface area contributed by atoms with Gasteiger partial charge in [0.15, 0.2) is 0 Å². The average Bonchev–Trinajstić information content (AvgIpc) is 2.40. The molecule has 6 heteroatoms. The van der Waals surface area contributed by atoms with Gasteiger partial charge in [0.2, 0.25) is 5.82 Å². The van der Waals surface area contributed by atoms with E-state index in [-0.39, 0.29) is 11.9 Å². The lowest BCUT2D eigenvalue weighted by atomic mass is 10.1. The third-order valence-electron chi connectivity index (χ3n) is 2.57. The predicted molar refractivity (Wildman–Crippen MR) is 62.1 cm³/mol. The van der Waals surface area contributed by atoms with E-state index in [1.54, 1.807) is 0 Å². The monoisotopic (exact) mass is 231 g/mol. The number of hydrogen-bond acceptors (Lipinski definition) is 6. The Kier molecular flexibility index (Phi) is 3.62. The molecule has 1 saturated heterocycles. The molecule has 0 amide bonds. The summed E-state index contributed by atoms with van der Waals surface area (Å²) in [5.74, 6) is 0.636. The van der Waals surface area contributed by atoms with E-state index in [9.17, 15) is 0 Å². The van der Waals surface area contributed by atoms with Crippen LogP contribution in [0.2, 0.25) is 0 Å². The van der Waals surface area contributed by atoms with E-state index in [4.69, 9.17) is 15.4 Å². The Bertz CT molecular complexity index is 448. The normalized spacial score (nSPS) is 19.4. The molecule has 17 heavy (non-hydrogen) atoms. The summed E-state index contributed by atoms with van der Waals surface area (Å²) in [6, 6.07) is 2.07. The maximum atomic E-state index is 8.75. The van der Waals surface area contributed by atoms with Gasteiger partial charge in [-0.05, 0) is 12.8 Å². The predicted octanol–water partition coefficient (Wildman–Crippen LogP) is 0.937. The van der Waals surface area contributed by atoms with Crippen LogP contribution < -0.4 is 5.32 Å². The van der Waals surface area contributed by atoms with Gasteiger partial charge in [-0.15, -0.1) is 0 Å². The van der Waals surface area contributed by atoms with Crippen molar-refractivity contribution in [2.45, 2.75) is 18.9 Å². The second kappa shape index (κ2) is 5.37. The highest BCUT2D eigenvalue weighted by molar-refractivity contribution is 5.83. The number of hydrogen-bond donors (Lipinski definition) is 2. The number of nitrogens with zero attached hydrogens (tertiary/aromatic N) is 3. The summed E-state index contributed by atoms with van der Waals surface area (Å²) in [5, 5.41) is 19.2. The summed E-state index contributed by atoms with van der Waals surface area (Å²) in [6.45, 7) is 1.42. The molecule has 1 fully saturated rings. The molecule has 2 N–H and O–H groups in total. The Morgan fingerprint density at radius 2 is 2.53 bits per heavy atom. The lowest BCUT2D eigenvalue weighted by Gasteiger charge is -2.24. The van der Waals surface area contributed by atoms with Crippen molar-refractivity contribution < 1.29 is 4.74 Å². The van der Waals surface area contributed by atoms with Crippen LogP contribution in [0.4, 0.5) is 5.82 Å². The van der Waals surface area contributed by atoms with Crippen LogP contribution in [-0.2, 0) is 4.74 Å². The fourth-order valence-corrected chi connectivity index (χ4v) is 1.71. The minimum atomic E-state index is 0.106. The van der Waals surface area contributed by atoms with Crippen LogP contribution in [0.1, 0.15) is 24.2 Å². The summed E-state index contributed by atoms with van der Waals surface area (Å²) in [6.07, 6.45) is 4.66. The Morgan fingerprint density at radius 1 is 1.65 bits per heavy atom. The number of nitrogens with one attached hydrogen (secondary N) is 2. The first-order chi connectivity index (χ1) is 8.33. The largest absolute Gasteiger partial charge is 0.379 e. The van der Waals surface area contributed by atoms with Crippen LogP contribution in [0.25, 0.3) is 0 Å². The second-order valence-electron chi connectivity index (χ2n) is 3.81. The maximum Gasteiger partial charge on any atom is 0.234 e. The topological polar surface area (TPSA) is 94.7 Å². The third-order valence-corrected chi connectivity index (χ3v) is 2.57. The molecule has 1 aliphatic rings. The van der Waals surface area contributed by atoms with Gasteiger partial charge < -0.3 is 15.5 Å². The smallest absolute Gasteiger partial charge is 0.234 e. The number of anilines is 1. The minimum absolute atomic E-state index is 0.106. The van der Waals surface area contributed by atoms with Gasteiger partial charge in [0.05, 0.1) is 18.2 Å². The van der Waals surface area contributed by atoms with Gasteiger partial charge in [0, 0.05) is 19.0 Å². The molecule has 1 aliphatic heterocycles. The zero-order valence-electron chi connectivity index (χ0n) is 9.31. The van der Waals surface area contributed by atoms with Gasteiger partial charge in [-0.2, -0.15) is 5.26 Å². The second-order valence-corrected chi connectivity index (χ2v) is 3.81. The quantitative estimate of drug-likeness (QED) is 0.755. The van der Waals surface area contributed by atoms with Gasteiger partial charge in [-0.1, -0.05) is 0 Å². The van der Waals surface area contributed by atoms with Gasteiger partial charge in [0.1, 0.15) is 11.9 Å². The fourth-order valence-electron chi connectivity index (χ4n) is 1.71. The molecule has 0 aromatic carbocycles. The average molecular weight is 231 g/mol. The number of rotatable bonds is 3. The molecule has 1 aromatic heterocycles. The molecular formula is C11H13N5O. The molecule has 1 atom stereocenters. The van der Waals surface area contributed by atoms with Crippen molar-refractivity contribution in [3.05, 3.63) is 17.6 Å². The van der Waals surface area contributed by atoms with Crippen LogP contribution in [-0.4, -0.2) is 35.4 Å². The molecule has 0 bridgehead atoms. The fraction of sp³-hybridized carbons (Fsp3) is 0.455. The van der Waals surface area contributed by atoms with Crippen molar-refractivity contribution in [1.29, 1.82) is 10.7 Å². The van der Waals surface area contributed by atoms with Crippen molar-refractivity contribution in [1.82, 2.24) is 9.97 Å². The van der Waals surface area contributed by atoms with Crippen LogP contribution in [0, 0.1) is 16.7 Å². The van der Waals surface area contributed by atoms with E-state index >= 15 is 0 Å². The zero-order chi connectivity index (χ0) is 12.1. The molecule has 1 aromatic rings. The summed E-state index contributed by atoms with van der Waals surface area (Å²) in [7, 11) is 0. The van der Waals surface area contributed by atoms with Crippen molar-refractivity contribution in [3.63, 3.8) is 0 Å². The Labute approximate surface area is 99.2 Å². The Balaban J connectivity index is 2.17. The Hall–Kier alpha value is -2.00. The molecule has 1 unspecified atom stereocenters. The highest BCUT2D eigenvalue weighted by atomic mass is 16.5. The lowest BCUT2D eigenvalue weighted by Crippen LogP contribution is -2.31. The summed E-state index contributed by atoms with van der Waals surface area (Å²) < 4.78 is 5.36. The zero-order valence-corrected chi connectivity index (χ0v) is 9.31. The highest BCUT2D eigenvalue weighted by Crippen LogP contribution is 2.15. The van der Waals surface area contributed by atoms with Crippen molar-refractivity contribution in [3.8, 4) is 6.07 Å². The van der Waals surface area contributed by atoms with Crippen LogP contribution in [0.3, 0.4) is 0 Å². The first kappa shape index (κ1) is 11.5. The van der Waals surface area contributed by atoms with Gasteiger partial charge in [-0.25, -0.2) is 9.97 Å². The van der Waals surface area contributed by atoms with E-state index in [1.807, 2.05) is 6.07 Å². The minimum Gasteiger partial charge on any atom is -0.379 e. The molecule has 2 rings (SSSR count). The van der Waals surface area contributed by atoms with E-state index in [0.29, 0.717) is 18.0 Å². The molecule has 0 spiro atoms. The molecule has 88 valence electrons. The van der Waals surface area contributed by atoms with Gasteiger partial charge in [0.25, 0.3) is 0 Å². The molecule has 6 nitrogen and oxygen atoms in total. The maximum absolute atomic E-state index is 8.75. The first-order valence-electron chi connectivity index (χ1n) is 5.45. The Morgan fingerprint density at radius 3 is 3.18 bits per heavy atom. The summed E-state index contributed by atoms with van der Waals surface area (Å²) in [5.41, 5.74) is 0.578. The van der Waals surface area contributed by atoms with E-state index < -0.39 is 0 Å². The number of nitriles is 1. The molecule has 0 aliphatic carbocycles. The summed E-state index contributed by atoms with van der Waals surface area (Å²) >= 11 is 0. The van der Waals surface area contributed by atoms with Crippen LogP contribution in [0.5, 0.6) is 0 Å². The van der Waals surface area contributed by atoms with Crippen LogP contribution in [0.15, 0.2) is 6.20 Å². The van der Waals surface area contributed by atoms with E-state index in [2.05, 4.69) is 15.3 Å². The highest BCUT2D eigenvalue weighted by Gasteiger charge is 2.15. The molecule has 0 radical (unpaired) electrons. The molecular weight excluding hydrogens is 218 g/mol.